The van der Waals surface area contributed by atoms with E-state index in [1.54, 1.807) is 4.90 Å². The number of primary amides is 1. The van der Waals surface area contributed by atoms with E-state index in [0.717, 1.165) is 45.5 Å². The average molecular weight is 606 g/mol. The van der Waals surface area contributed by atoms with Crippen LogP contribution in [0.2, 0.25) is 0 Å². The molecule has 0 unspecified atom stereocenters. The van der Waals surface area contributed by atoms with Gasteiger partial charge in [0, 0.05) is 23.5 Å². The molecule has 1 spiro atoms. The number of alkyl halides is 3. The van der Waals surface area contributed by atoms with Crippen molar-refractivity contribution in [3.8, 4) is 0 Å². The quantitative estimate of drug-likeness (QED) is 0.280. The number of nitrogens with two attached hydrogens (primary N) is 1. The second-order valence-corrected chi connectivity index (χ2v) is 11.1. The first kappa shape index (κ1) is 30.5. The second kappa shape index (κ2) is 11.6. The summed E-state index contributed by atoms with van der Waals surface area (Å²) in [6.07, 6.45) is -0.252. The Labute approximate surface area is 250 Å². The van der Waals surface area contributed by atoms with Crippen LogP contribution in [0.15, 0.2) is 66.7 Å². The number of nitrogens with zero attached hydrogens (tertiary/aromatic N) is 3. The van der Waals surface area contributed by atoms with Crippen LogP contribution in [0, 0.1) is 0 Å². The van der Waals surface area contributed by atoms with Crippen molar-refractivity contribution in [3.63, 3.8) is 0 Å². The maximum absolute atomic E-state index is 13.5. The molecule has 3 aromatic carbocycles. The summed E-state index contributed by atoms with van der Waals surface area (Å²) in [7, 11) is 4.13. The molecule has 6 rings (SSSR count). The highest BCUT2D eigenvalue weighted by Gasteiger charge is 2.67. The van der Waals surface area contributed by atoms with Crippen molar-refractivity contribution in [2.75, 3.05) is 25.5 Å². The van der Waals surface area contributed by atoms with Gasteiger partial charge >= 0.3 is 12.1 Å². The zero-order valence-corrected chi connectivity index (χ0v) is 23.9. The number of carbonyl (C=O) groups is 3. The van der Waals surface area contributed by atoms with Gasteiger partial charge in [-0.1, -0.05) is 60.7 Å². The van der Waals surface area contributed by atoms with Crippen LogP contribution in [-0.4, -0.2) is 64.8 Å². The van der Waals surface area contributed by atoms with Crippen LogP contribution in [0.1, 0.15) is 40.3 Å². The molecular formula is C32H30F3N5O4. The second-order valence-electron chi connectivity index (χ2n) is 11.1. The van der Waals surface area contributed by atoms with Gasteiger partial charge < -0.3 is 20.6 Å². The summed E-state index contributed by atoms with van der Waals surface area (Å²) in [6, 6.07) is 22.5. The number of hydrogen-bond acceptors (Lipinski definition) is 5. The van der Waals surface area contributed by atoms with E-state index < -0.39 is 23.5 Å². The molecule has 9 nitrogen and oxygen atoms in total. The molecule has 228 valence electrons. The standard InChI is InChI=1S/C30H29N5O2.C2HF3O2/c1-34(2)17-20-7-5-6-19(14-20)10-13-25-22-12-11-21(15-26(22)33-32-25)24-16-30(24)23-8-3-4-9-27(23)35(29(30)37)18-28(31)36;3-2(4,5)1(6)7/h3-15,24H,16-18H2,1-2H3,(H2,31,36)(H,32,33);(H,6,7)/t24-,30-;/m0./s1. The van der Waals surface area contributed by atoms with Gasteiger partial charge in [0.15, 0.2) is 0 Å². The maximum atomic E-state index is 13.5. The molecule has 1 aliphatic carbocycles. The first-order valence-electron chi connectivity index (χ1n) is 13.7. The number of fused-ring (bicyclic) bond motifs is 3. The highest BCUT2D eigenvalue weighted by atomic mass is 19.4. The number of aliphatic carboxylic acids is 1. The minimum atomic E-state index is -5.08. The fourth-order valence-corrected chi connectivity index (χ4v) is 5.80. The topological polar surface area (TPSA) is 133 Å². The molecule has 0 saturated heterocycles. The van der Waals surface area contributed by atoms with Crippen molar-refractivity contribution in [2.45, 2.75) is 30.5 Å². The summed E-state index contributed by atoms with van der Waals surface area (Å²) >= 11 is 0. The molecule has 1 saturated carbocycles. The number of anilines is 1. The van der Waals surface area contributed by atoms with E-state index in [0.29, 0.717) is 6.42 Å². The number of rotatable bonds is 7. The molecule has 1 aromatic heterocycles. The van der Waals surface area contributed by atoms with E-state index in [9.17, 15) is 22.8 Å². The highest BCUT2D eigenvalue weighted by Crippen LogP contribution is 2.66. The van der Waals surface area contributed by atoms with Gasteiger partial charge in [-0.05, 0) is 61.0 Å². The van der Waals surface area contributed by atoms with Crippen molar-refractivity contribution in [1.82, 2.24) is 15.1 Å². The molecule has 2 atom stereocenters. The van der Waals surface area contributed by atoms with Gasteiger partial charge in [0.1, 0.15) is 6.54 Å². The normalized spacial score (nSPS) is 19.0. The number of aromatic nitrogens is 2. The predicted octanol–water partition coefficient (Wildman–Crippen LogP) is 4.69. The number of H-pyrrole nitrogens is 1. The minimum absolute atomic E-state index is 0.0395. The Hall–Kier alpha value is -4.97. The lowest BCUT2D eigenvalue weighted by Gasteiger charge is -2.16. The summed E-state index contributed by atoms with van der Waals surface area (Å²) in [6.45, 7) is 0.795. The number of carboxylic acid groups (broad SMARTS) is 1. The van der Waals surface area contributed by atoms with Crippen LogP contribution in [0.4, 0.5) is 18.9 Å². The molecule has 0 bridgehead atoms. The van der Waals surface area contributed by atoms with E-state index in [2.05, 4.69) is 77.7 Å². The fourth-order valence-electron chi connectivity index (χ4n) is 5.80. The Morgan fingerprint density at radius 1 is 1.11 bits per heavy atom. The van der Waals surface area contributed by atoms with Gasteiger partial charge in [-0.3, -0.25) is 14.7 Å². The zero-order valence-electron chi connectivity index (χ0n) is 23.9. The van der Waals surface area contributed by atoms with E-state index in [1.165, 1.54) is 5.56 Å². The molecule has 2 amide bonds. The van der Waals surface area contributed by atoms with Crippen LogP contribution < -0.4 is 10.6 Å². The number of hydrogen-bond donors (Lipinski definition) is 3. The third kappa shape index (κ3) is 5.93. The highest BCUT2D eigenvalue weighted by molar-refractivity contribution is 6.13. The molecule has 2 aliphatic rings. The Morgan fingerprint density at radius 3 is 2.52 bits per heavy atom. The van der Waals surface area contributed by atoms with Crippen molar-refractivity contribution >= 4 is 46.5 Å². The number of benzene rings is 3. The molecule has 2 heterocycles. The molecule has 44 heavy (non-hydrogen) atoms. The van der Waals surface area contributed by atoms with E-state index >= 15 is 0 Å². The summed E-state index contributed by atoms with van der Waals surface area (Å²) in [4.78, 5) is 37.8. The van der Waals surface area contributed by atoms with Crippen molar-refractivity contribution in [3.05, 3.63) is 94.7 Å². The molecule has 4 aromatic rings. The molecule has 4 N–H and O–H groups in total. The Morgan fingerprint density at radius 2 is 1.84 bits per heavy atom. The SMILES string of the molecule is CN(C)Cc1cccc(C=Cc2n[nH]c3cc([C@@H]4C[C@@]45C(=O)N(CC(N)=O)c4ccccc45)ccc23)c1.O=C(O)C(F)(F)F. The smallest absolute Gasteiger partial charge is 0.475 e. The maximum Gasteiger partial charge on any atom is 0.490 e. The number of carbonyl (C=O) groups excluding carboxylic acids is 2. The lowest BCUT2D eigenvalue weighted by Crippen LogP contribution is -2.39. The number of para-hydroxylation sites is 1. The van der Waals surface area contributed by atoms with Gasteiger partial charge in [0.05, 0.1) is 16.6 Å². The van der Waals surface area contributed by atoms with Gasteiger partial charge in [-0.25, -0.2) is 4.79 Å². The number of carboxylic acids is 1. The molecule has 12 heteroatoms. The predicted molar refractivity (Wildman–Crippen MR) is 160 cm³/mol. The first-order valence-corrected chi connectivity index (χ1v) is 13.7. The van der Waals surface area contributed by atoms with Crippen LogP contribution in [0.3, 0.4) is 0 Å². The molecule has 0 radical (unpaired) electrons. The third-order valence-corrected chi connectivity index (χ3v) is 7.72. The Balaban J connectivity index is 0.000000493. The van der Waals surface area contributed by atoms with Gasteiger partial charge in [0.2, 0.25) is 11.8 Å². The van der Waals surface area contributed by atoms with Gasteiger partial charge in [0.25, 0.3) is 0 Å². The van der Waals surface area contributed by atoms with Crippen molar-refractivity contribution < 1.29 is 32.7 Å². The lowest BCUT2D eigenvalue weighted by molar-refractivity contribution is -0.192. The van der Waals surface area contributed by atoms with Crippen LogP contribution in [-0.2, 0) is 26.3 Å². The van der Waals surface area contributed by atoms with E-state index in [-0.39, 0.29) is 18.4 Å². The Kier molecular flexibility index (Phi) is 8.04. The van der Waals surface area contributed by atoms with E-state index in [4.69, 9.17) is 15.6 Å². The molecule has 1 fully saturated rings. The number of nitrogens with one attached hydrogen (secondary N) is 1. The van der Waals surface area contributed by atoms with Gasteiger partial charge in [-0.15, -0.1) is 0 Å². The summed E-state index contributed by atoms with van der Waals surface area (Å²) < 4.78 is 31.7. The van der Waals surface area contributed by atoms with Crippen LogP contribution in [0.25, 0.3) is 23.1 Å². The monoisotopic (exact) mass is 605 g/mol. The van der Waals surface area contributed by atoms with E-state index in [1.807, 2.05) is 30.3 Å². The molecular weight excluding hydrogens is 575 g/mol. The van der Waals surface area contributed by atoms with Crippen LogP contribution in [0.5, 0.6) is 0 Å². The van der Waals surface area contributed by atoms with Crippen LogP contribution >= 0.6 is 0 Å². The summed E-state index contributed by atoms with van der Waals surface area (Å²) in [5, 5.41) is 15.9. The van der Waals surface area contributed by atoms with Gasteiger partial charge in [-0.2, -0.15) is 18.3 Å². The number of halogens is 3. The minimum Gasteiger partial charge on any atom is -0.475 e. The number of amides is 2. The van der Waals surface area contributed by atoms with Crippen molar-refractivity contribution in [1.29, 1.82) is 0 Å². The zero-order chi connectivity index (χ0) is 31.8. The fraction of sp³-hybridized carbons (Fsp3) is 0.250. The lowest BCUT2D eigenvalue weighted by atomic mass is 9.92. The largest absolute Gasteiger partial charge is 0.490 e. The third-order valence-electron chi connectivity index (χ3n) is 7.72. The van der Waals surface area contributed by atoms with Crippen molar-refractivity contribution in [2.24, 2.45) is 5.73 Å². The summed E-state index contributed by atoms with van der Waals surface area (Å²) in [5.41, 5.74) is 11.9. The summed E-state index contributed by atoms with van der Waals surface area (Å²) in [5.74, 6) is -3.26. The average Bonchev–Trinajstić information content (AvgIpc) is 3.53. The Bertz CT molecular complexity index is 1780. The molecule has 1 aliphatic heterocycles. The first-order chi connectivity index (χ1) is 20.8. The number of aromatic amines is 1.